The summed E-state index contributed by atoms with van der Waals surface area (Å²) < 4.78 is 7.75. The van der Waals surface area contributed by atoms with Crippen LogP contribution in [0.3, 0.4) is 0 Å². The maximum absolute atomic E-state index is 12.6. The number of benzene rings is 2. The standard InChI is InChI=1S/C31H37N5O2/c1-31(2,3)38-30(37)35-19-14-22(15-20-35)29-26-12-11-23(21-28(26)33-36(29)18-8-17-34(4)5)24-13-16-32-27-10-7-6-9-25(24)27/h6-7,9-14,16,21H,8,15,17-20H2,1-5H3. The lowest BCUT2D eigenvalue weighted by Crippen LogP contribution is -2.39. The van der Waals surface area contributed by atoms with Gasteiger partial charge in [0.05, 0.1) is 16.7 Å². The molecule has 4 aromatic rings. The van der Waals surface area contributed by atoms with Crippen molar-refractivity contribution in [3.8, 4) is 11.1 Å². The van der Waals surface area contributed by atoms with Crippen molar-refractivity contribution in [1.29, 1.82) is 0 Å². The first-order valence-corrected chi connectivity index (χ1v) is 13.4. The van der Waals surface area contributed by atoms with Crippen LogP contribution >= 0.6 is 0 Å². The Hall–Kier alpha value is -3.71. The highest BCUT2D eigenvalue weighted by atomic mass is 16.6. The third-order valence-electron chi connectivity index (χ3n) is 6.84. The predicted molar refractivity (Wildman–Crippen MR) is 154 cm³/mol. The molecule has 38 heavy (non-hydrogen) atoms. The molecule has 1 aliphatic rings. The molecule has 0 saturated heterocycles. The van der Waals surface area contributed by atoms with Gasteiger partial charge in [-0.25, -0.2) is 4.79 Å². The fraction of sp³-hybridized carbons (Fsp3) is 0.387. The van der Waals surface area contributed by atoms with Gasteiger partial charge in [0.25, 0.3) is 0 Å². The molecule has 3 heterocycles. The van der Waals surface area contributed by atoms with E-state index in [1.165, 1.54) is 5.57 Å². The van der Waals surface area contributed by atoms with Crippen LogP contribution in [0.4, 0.5) is 4.79 Å². The summed E-state index contributed by atoms with van der Waals surface area (Å²) in [5, 5.41) is 7.37. The van der Waals surface area contributed by atoms with Crippen molar-refractivity contribution in [2.45, 2.75) is 45.8 Å². The molecular weight excluding hydrogens is 474 g/mol. The number of pyridine rings is 1. The van der Waals surface area contributed by atoms with Crippen molar-refractivity contribution in [2.24, 2.45) is 0 Å². The third-order valence-corrected chi connectivity index (χ3v) is 6.84. The first kappa shape index (κ1) is 25.9. The molecule has 7 heteroatoms. The van der Waals surface area contributed by atoms with Crippen LogP contribution < -0.4 is 0 Å². The Balaban J connectivity index is 1.50. The first-order chi connectivity index (χ1) is 18.2. The van der Waals surface area contributed by atoms with Gasteiger partial charge in [-0.2, -0.15) is 5.10 Å². The lowest BCUT2D eigenvalue weighted by atomic mass is 9.97. The molecule has 0 radical (unpaired) electrons. The molecule has 0 N–H and O–H groups in total. The summed E-state index contributed by atoms with van der Waals surface area (Å²) in [4.78, 5) is 21.1. The maximum Gasteiger partial charge on any atom is 0.410 e. The first-order valence-electron chi connectivity index (χ1n) is 13.4. The molecule has 0 atom stereocenters. The Labute approximate surface area is 224 Å². The molecule has 1 amide bonds. The quantitative estimate of drug-likeness (QED) is 0.307. The molecule has 5 rings (SSSR count). The Morgan fingerprint density at radius 3 is 2.61 bits per heavy atom. The van der Waals surface area contributed by atoms with E-state index >= 15 is 0 Å². The number of hydrogen-bond donors (Lipinski definition) is 0. The molecule has 0 fully saturated rings. The zero-order valence-electron chi connectivity index (χ0n) is 23.1. The minimum atomic E-state index is -0.500. The van der Waals surface area contributed by atoms with Gasteiger partial charge in [-0.3, -0.25) is 9.67 Å². The Morgan fingerprint density at radius 1 is 1.05 bits per heavy atom. The minimum absolute atomic E-state index is 0.258. The van der Waals surface area contributed by atoms with Crippen LogP contribution in [-0.2, 0) is 11.3 Å². The van der Waals surface area contributed by atoms with Crippen LogP contribution in [0.25, 0.3) is 38.5 Å². The highest BCUT2D eigenvalue weighted by molar-refractivity contribution is 5.98. The summed E-state index contributed by atoms with van der Waals surface area (Å²) in [7, 11) is 4.20. The fourth-order valence-corrected chi connectivity index (χ4v) is 5.06. The number of rotatable bonds is 6. The molecule has 7 nitrogen and oxygen atoms in total. The largest absolute Gasteiger partial charge is 0.444 e. The number of para-hydroxylation sites is 1. The van der Waals surface area contributed by atoms with Crippen LogP contribution in [0.15, 0.2) is 60.8 Å². The van der Waals surface area contributed by atoms with Crippen LogP contribution in [-0.4, -0.2) is 70.0 Å². The number of fused-ring (bicyclic) bond motifs is 2. The molecule has 0 bridgehead atoms. The minimum Gasteiger partial charge on any atom is -0.444 e. The van der Waals surface area contributed by atoms with E-state index in [0.29, 0.717) is 13.1 Å². The number of ether oxygens (including phenoxy) is 1. The monoisotopic (exact) mass is 511 g/mol. The van der Waals surface area contributed by atoms with Crippen LogP contribution in [0.5, 0.6) is 0 Å². The van der Waals surface area contributed by atoms with E-state index in [-0.39, 0.29) is 6.09 Å². The topological polar surface area (TPSA) is 63.5 Å². The summed E-state index contributed by atoms with van der Waals surface area (Å²) in [5.41, 5.74) is 6.16. The number of amides is 1. The lowest BCUT2D eigenvalue weighted by molar-refractivity contribution is 0.0270. The number of carbonyl (C=O) groups is 1. The lowest BCUT2D eigenvalue weighted by Gasteiger charge is -2.29. The molecular formula is C31H37N5O2. The number of hydrogen-bond acceptors (Lipinski definition) is 5. The van der Waals surface area contributed by atoms with Gasteiger partial charge < -0.3 is 14.5 Å². The van der Waals surface area contributed by atoms with Gasteiger partial charge in [-0.15, -0.1) is 0 Å². The van der Waals surface area contributed by atoms with Crippen molar-refractivity contribution in [3.63, 3.8) is 0 Å². The SMILES string of the molecule is CN(C)CCCn1nc2cc(-c3ccnc4ccccc34)ccc2c1C1=CCN(C(=O)OC(C)(C)C)CC1. The Bertz CT molecular complexity index is 1490. The second kappa shape index (κ2) is 10.6. The molecule has 0 unspecified atom stereocenters. The van der Waals surface area contributed by atoms with E-state index in [4.69, 9.17) is 9.84 Å². The molecule has 2 aromatic carbocycles. The normalized spacial score (nSPS) is 14.4. The molecule has 1 aliphatic heterocycles. The third kappa shape index (κ3) is 5.58. The summed E-state index contributed by atoms with van der Waals surface area (Å²) in [5.74, 6) is 0. The van der Waals surface area contributed by atoms with E-state index in [2.05, 4.69) is 71.1 Å². The highest BCUT2D eigenvalue weighted by Gasteiger charge is 2.26. The van der Waals surface area contributed by atoms with Crippen molar-refractivity contribution < 1.29 is 9.53 Å². The summed E-state index contributed by atoms with van der Waals surface area (Å²) in [6, 6.07) is 16.9. The smallest absolute Gasteiger partial charge is 0.410 e. The summed E-state index contributed by atoms with van der Waals surface area (Å²) in [6.45, 7) is 8.70. The average Bonchev–Trinajstić information content (AvgIpc) is 3.24. The zero-order valence-corrected chi connectivity index (χ0v) is 23.1. The van der Waals surface area contributed by atoms with Gasteiger partial charge in [0.2, 0.25) is 0 Å². The van der Waals surface area contributed by atoms with Crippen LogP contribution in [0, 0.1) is 0 Å². The van der Waals surface area contributed by atoms with Gasteiger partial charge in [0, 0.05) is 36.6 Å². The van der Waals surface area contributed by atoms with E-state index in [0.717, 1.165) is 64.6 Å². The maximum atomic E-state index is 12.6. The number of aromatic nitrogens is 3. The summed E-state index contributed by atoms with van der Waals surface area (Å²) in [6.07, 6.45) is 5.55. The number of nitrogens with zero attached hydrogens (tertiary/aromatic N) is 5. The van der Waals surface area contributed by atoms with Crippen LogP contribution in [0.2, 0.25) is 0 Å². The van der Waals surface area contributed by atoms with E-state index in [1.807, 2.05) is 39.1 Å². The zero-order chi connectivity index (χ0) is 26.9. The molecule has 2 aromatic heterocycles. The van der Waals surface area contributed by atoms with Gasteiger partial charge in [0.1, 0.15) is 5.60 Å². The number of aryl methyl sites for hydroxylation is 1. The number of carbonyl (C=O) groups excluding carboxylic acids is 1. The summed E-state index contributed by atoms with van der Waals surface area (Å²) >= 11 is 0. The van der Waals surface area contributed by atoms with Gasteiger partial charge in [0.15, 0.2) is 0 Å². The van der Waals surface area contributed by atoms with Gasteiger partial charge >= 0.3 is 6.09 Å². The second-order valence-corrected chi connectivity index (χ2v) is 11.2. The second-order valence-electron chi connectivity index (χ2n) is 11.2. The van der Waals surface area contributed by atoms with E-state index in [1.54, 1.807) is 4.90 Å². The van der Waals surface area contributed by atoms with Gasteiger partial charge in [-0.1, -0.05) is 30.3 Å². The van der Waals surface area contributed by atoms with E-state index in [9.17, 15) is 4.79 Å². The average molecular weight is 512 g/mol. The van der Waals surface area contributed by atoms with Gasteiger partial charge in [-0.05, 0) is 95.2 Å². The van der Waals surface area contributed by atoms with E-state index < -0.39 is 5.60 Å². The molecule has 0 spiro atoms. The van der Waals surface area contributed by atoms with Crippen LogP contribution in [0.1, 0.15) is 39.3 Å². The molecule has 0 aliphatic carbocycles. The molecule has 198 valence electrons. The highest BCUT2D eigenvalue weighted by Crippen LogP contribution is 2.34. The van der Waals surface area contributed by atoms with Crippen molar-refractivity contribution in [3.05, 3.63) is 66.5 Å². The Morgan fingerprint density at radius 2 is 1.87 bits per heavy atom. The fourth-order valence-electron chi connectivity index (χ4n) is 5.06. The van der Waals surface area contributed by atoms with Crippen molar-refractivity contribution >= 4 is 33.5 Å². The predicted octanol–water partition coefficient (Wildman–Crippen LogP) is 6.23. The van der Waals surface area contributed by atoms with Crippen molar-refractivity contribution in [1.82, 2.24) is 24.6 Å². The molecule has 0 saturated carbocycles. The Kier molecular flexibility index (Phi) is 7.21. The van der Waals surface area contributed by atoms with Crippen molar-refractivity contribution in [2.75, 3.05) is 33.7 Å².